The van der Waals surface area contributed by atoms with E-state index in [0.29, 0.717) is 33.8 Å². The van der Waals surface area contributed by atoms with Crippen LogP contribution in [0, 0.1) is 4.91 Å². The van der Waals surface area contributed by atoms with Gasteiger partial charge in [0.1, 0.15) is 7.14 Å². The maximum Gasteiger partial charge on any atom is 0.220 e. The third-order valence-electron chi connectivity index (χ3n) is 4.63. The summed E-state index contributed by atoms with van der Waals surface area (Å²) in [5.41, 5.74) is 2.81. The first-order chi connectivity index (χ1) is 14.7. The Bertz CT molecular complexity index is 1200. The Morgan fingerprint density at radius 1 is 1.23 bits per heavy atom. The van der Waals surface area contributed by atoms with Crippen molar-refractivity contribution >= 4 is 35.6 Å². The van der Waals surface area contributed by atoms with Gasteiger partial charge in [-0.1, -0.05) is 13.0 Å². The zero-order valence-corrected chi connectivity index (χ0v) is 18.8. The monoisotopic (exact) mass is 442 g/mol. The number of carbonyl (C=O) groups is 1. The number of rotatable bonds is 8. The predicted molar refractivity (Wildman–Crippen MR) is 120 cm³/mol. The van der Waals surface area contributed by atoms with Crippen LogP contribution in [0.15, 0.2) is 35.5 Å². The Kier molecular flexibility index (Phi) is 6.31. The highest BCUT2D eigenvalue weighted by Crippen LogP contribution is 2.40. The molecule has 162 valence electrons. The highest BCUT2D eigenvalue weighted by atomic mass is 31.2. The Morgan fingerprint density at radius 2 is 1.97 bits per heavy atom. The summed E-state index contributed by atoms with van der Waals surface area (Å²) in [4.78, 5) is 23.2. The van der Waals surface area contributed by atoms with Crippen molar-refractivity contribution in [1.29, 1.82) is 0 Å². The van der Waals surface area contributed by atoms with Crippen molar-refractivity contribution in [3.05, 3.63) is 40.9 Å². The van der Waals surface area contributed by atoms with Crippen molar-refractivity contribution in [2.75, 3.05) is 25.8 Å². The Balaban J connectivity index is 2.11. The third-order valence-corrected chi connectivity index (χ3v) is 6.15. The van der Waals surface area contributed by atoms with Gasteiger partial charge in [-0.05, 0) is 36.7 Å². The number of carbonyl (C=O) groups excluding carboxylic acids is 1. The number of ether oxygens (including phenoxy) is 1. The van der Waals surface area contributed by atoms with Crippen molar-refractivity contribution in [1.82, 2.24) is 20.0 Å². The van der Waals surface area contributed by atoms with E-state index in [9.17, 15) is 14.3 Å². The minimum Gasteiger partial charge on any atom is -0.494 e. The van der Waals surface area contributed by atoms with E-state index in [1.807, 2.05) is 6.07 Å². The van der Waals surface area contributed by atoms with Crippen molar-refractivity contribution < 1.29 is 14.1 Å². The molecule has 10 nitrogen and oxygen atoms in total. The molecule has 0 saturated carbocycles. The average Bonchev–Trinajstić information content (AvgIpc) is 3.15. The quantitative estimate of drug-likeness (QED) is 0.316. The van der Waals surface area contributed by atoms with Gasteiger partial charge in [0.15, 0.2) is 17.2 Å². The van der Waals surface area contributed by atoms with Gasteiger partial charge in [0.25, 0.3) is 0 Å². The zero-order valence-electron chi connectivity index (χ0n) is 17.9. The van der Waals surface area contributed by atoms with Crippen LogP contribution in [0.3, 0.4) is 0 Å². The van der Waals surface area contributed by atoms with Crippen LogP contribution in [0.4, 0.5) is 17.2 Å². The molecule has 1 aromatic carbocycles. The molecule has 31 heavy (non-hydrogen) atoms. The number of nitrogens with one attached hydrogen (secondary N) is 1. The molecule has 1 N–H and O–H groups in total. The third kappa shape index (κ3) is 4.54. The zero-order chi connectivity index (χ0) is 22.8. The fourth-order valence-corrected chi connectivity index (χ4v) is 4.36. The predicted octanol–water partition coefficient (Wildman–Crippen LogP) is 3.87. The van der Waals surface area contributed by atoms with Crippen LogP contribution in [-0.4, -0.2) is 46.2 Å². The number of ketones is 1. The molecule has 11 heteroatoms. The number of hydrogen-bond donors (Lipinski definition) is 1. The van der Waals surface area contributed by atoms with Crippen LogP contribution in [0.2, 0.25) is 0 Å². The van der Waals surface area contributed by atoms with Crippen molar-refractivity contribution in [2.45, 2.75) is 13.3 Å². The minimum atomic E-state index is -2.52. The molecule has 0 bridgehead atoms. The van der Waals surface area contributed by atoms with Crippen molar-refractivity contribution in [3.63, 3.8) is 0 Å². The highest BCUT2D eigenvalue weighted by Gasteiger charge is 2.22. The van der Waals surface area contributed by atoms with E-state index in [0.717, 1.165) is 0 Å². The summed E-state index contributed by atoms with van der Waals surface area (Å²) in [7, 11) is 0.731. The molecule has 2 heterocycles. The molecule has 3 aromatic rings. The molecule has 0 aliphatic heterocycles. The van der Waals surface area contributed by atoms with Gasteiger partial charge in [0.05, 0.1) is 29.6 Å². The van der Waals surface area contributed by atoms with E-state index in [-0.39, 0.29) is 23.7 Å². The van der Waals surface area contributed by atoms with Gasteiger partial charge in [-0.15, -0.1) is 15.1 Å². The molecular formula is C20H23N6O4P. The van der Waals surface area contributed by atoms with Gasteiger partial charge < -0.3 is 14.6 Å². The minimum absolute atomic E-state index is 0.0976. The highest BCUT2D eigenvalue weighted by molar-refractivity contribution is 7.69. The van der Waals surface area contributed by atoms with Gasteiger partial charge in [-0.2, -0.15) is 5.10 Å². The van der Waals surface area contributed by atoms with E-state index in [1.54, 1.807) is 50.2 Å². The first-order valence-electron chi connectivity index (χ1n) is 9.47. The summed E-state index contributed by atoms with van der Waals surface area (Å²) in [6, 6.07) is 8.51. The number of hydrogen-bond acceptors (Lipinski definition) is 9. The molecule has 0 aliphatic carbocycles. The van der Waals surface area contributed by atoms with Crippen molar-refractivity contribution in [3.8, 4) is 17.0 Å². The van der Waals surface area contributed by atoms with E-state index in [2.05, 4.69) is 25.8 Å². The second-order valence-corrected chi connectivity index (χ2v) is 10.4. The molecule has 0 spiro atoms. The number of Topliss-reactive ketones (excluding diaryl/α,β-unsaturated/α-hetero) is 1. The van der Waals surface area contributed by atoms with E-state index in [4.69, 9.17) is 4.74 Å². The van der Waals surface area contributed by atoms with Crippen LogP contribution >= 0.6 is 7.14 Å². The molecule has 0 radical (unpaired) electrons. The number of methoxy groups -OCH3 is 1. The maximum absolute atomic E-state index is 12.6. The molecule has 0 fully saturated rings. The first kappa shape index (κ1) is 22.3. The second kappa shape index (κ2) is 8.77. The lowest BCUT2D eigenvalue weighted by Crippen LogP contribution is -2.13. The van der Waals surface area contributed by atoms with E-state index < -0.39 is 7.14 Å². The fraction of sp³-hybridized carbons (Fsp3) is 0.300. The number of para-hydroxylation sites is 1. The summed E-state index contributed by atoms with van der Waals surface area (Å²) >= 11 is 0. The molecule has 0 saturated heterocycles. The summed E-state index contributed by atoms with van der Waals surface area (Å²) in [5, 5.41) is 17.9. The Labute approximate surface area is 179 Å². The lowest BCUT2D eigenvalue weighted by Gasteiger charge is -2.15. The molecule has 3 rings (SSSR count). The summed E-state index contributed by atoms with van der Waals surface area (Å²) in [6.07, 6.45) is 0.221. The summed E-state index contributed by atoms with van der Waals surface area (Å²) in [5.74, 6) is 0.0707. The fourth-order valence-electron chi connectivity index (χ4n) is 3.19. The average molecular weight is 442 g/mol. The topological polar surface area (TPSA) is 128 Å². The lowest BCUT2D eigenvalue weighted by molar-refractivity contribution is 0.0983. The number of anilines is 2. The number of nitroso groups, excluding NO2 is 1. The molecule has 2 aromatic heterocycles. The van der Waals surface area contributed by atoms with Crippen molar-refractivity contribution in [2.24, 2.45) is 12.2 Å². The van der Waals surface area contributed by atoms with Crippen LogP contribution in [0.5, 0.6) is 5.75 Å². The SMILES string of the molecule is CCC(=O)c1nnc(N=O)cc1Nc1cccc(-c2cc(P(C)(C)=O)n(C)n2)c1OC. The molecule has 0 atom stereocenters. The Hall–Kier alpha value is -3.39. The molecule has 0 unspecified atom stereocenters. The van der Waals surface area contributed by atoms with Gasteiger partial charge in [-0.25, -0.2) is 0 Å². The lowest BCUT2D eigenvalue weighted by atomic mass is 10.1. The first-order valence-corrected chi connectivity index (χ1v) is 12.1. The standard InChI is InChI=1S/C20H23N6O4P/c1-6-16(27)19-15(10-17(25-28)22-23-19)21-13-9-7-8-12(20(13)30-3)14-11-18(26(2)24-14)31(4,5)29/h7-11H,6H2,1-5H3,(H,21,22). The number of aromatic nitrogens is 4. The van der Waals surface area contributed by atoms with Gasteiger partial charge >= 0.3 is 0 Å². The van der Waals surface area contributed by atoms with Gasteiger partial charge in [0.2, 0.25) is 5.82 Å². The smallest absolute Gasteiger partial charge is 0.220 e. The number of aryl methyl sites for hydroxylation is 1. The summed E-state index contributed by atoms with van der Waals surface area (Å²) in [6.45, 7) is 5.08. The normalized spacial score (nSPS) is 11.3. The molecule has 0 aliphatic rings. The summed E-state index contributed by atoms with van der Waals surface area (Å²) < 4.78 is 19.8. The molecular weight excluding hydrogens is 419 g/mol. The van der Waals surface area contributed by atoms with Crippen LogP contribution < -0.4 is 15.5 Å². The van der Waals surface area contributed by atoms with Gasteiger partial charge in [-0.3, -0.25) is 9.48 Å². The number of benzene rings is 1. The van der Waals surface area contributed by atoms with E-state index in [1.165, 1.54) is 13.2 Å². The van der Waals surface area contributed by atoms with Crippen LogP contribution in [0.25, 0.3) is 11.3 Å². The largest absolute Gasteiger partial charge is 0.494 e. The molecule has 0 amide bonds. The number of nitrogens with zero attached hydrogens (tertiary/aromatic N) is 5. The maximum atomic E-state index is 12.6. The van der Waals surface area contributed by atoms with Crippen LogP contribution in [-0.2, 0) is 11.6 Å². The second-order valence-electron chi connectivity index (χ2n) is 7.21. The van der Waals surface area contributed by atoms with E-state index >= 15 is 0 Å². The van der Waals surface area contributed by atoms with Gasteiger partial charge in [0, 0.05) is 25.1 Å². The Morgan fingerprint density at radius 3 is 2.55 bits per heavy atom. The van der Waals surface area contributed by atoms with Crippen LogP contribution in [0.1, 0.15) is 23.8 Å².